The molecule has 7 heterocycles. The normalized spacial score (nSPS) is 16.7. The van der Waals surface area contributed by atoms with Crippen LogP contribution in [0.15, 0.2) is 91.0 Å². The molecule has 0 spiro atoms. The molecule has 3 aromatic carbocycles. The van der Waals surface area contributed by atoms with E-state index >= 15 is 0 Å². The maximum atomic E-state index is 10.4. The summed E-state index contributed by atoms with van der Waals surface area (Å²) in [5.74, 6) is 2.50. The number of H-pyrrole nitrogens is 2. The quantitative estimate of drug-likeness (QED) is 0.154. The summed E-state index contributed by atoms with van der Waals surface area (Å²) in [6.45, 7) is 6.72. The minimum Gasteiger partial charge on any atom is -0.508 e. The fraction of sp³-hybridized carbons (Fsp3) is 0.296. The van der Waals surface area contributed by atoms with E-state index < -0.39 is 0 Å². The van der Waals surface area contributed by atoms with Gasteiger partial charge in [0.15, 0.2) is 23.0 Å². The summed E-state index contributed by atoms with van der Waals surface area (Å²) < 4.78 is 59.2. The van der Waals surface area contributed by atoms with Crippen molar-refractivity contribution >= 4 is 46.4 Å². The van der Waals surface area contributed by atoms with E-state index in [-0.39, 0.29) is 5.75 Å². The second-order valence-corrected chi connectivity index (χ2v) is 16.3. The lowest BCUT2D eigenvalue weighted by Gasteiger charge is -2.15. The molecule has 0 saturated carbocycles. The van der Waals surface area contributed by atoms with Crippen molar-refractivity contribution < 1.29 is 52.5 Å². The van der Waals surface area contributed by atoms with Crippen molar-refractivity contribution in [3.63, 3.8) is 0 Å². The highest BCUT2D eigenvalue weighted by Gasteiger charge is 2.20. The van der Waals surface area contributed by atoms with E-state index in [9.17, 15) is 5.11 Å². The first kappa shape index (κ1) is 45.8. The Labute approximate surface area is 399 Å². The average Bonchev–Trinajstić information content (AvgIpc) is 4.21. The van der Waals surface area contributed by atoms with E-state index in [4.69, 9.17) is 57.3 Å². The molecule has 8 bridgehead atoms. The monoisotopic (exact) mass is 934 g/mol. The lowest BCUT2D eigenvalue weighted by molar-refractivity contribution is 0.00708. The fourth-order valence-corrected chi connectivity index (χ4v) is 8.40. The first-order chi connectivity index (χ1) is 34.1. The van der Waals surface area contributed by atoms with Crippen LogP contribution in [0.25, 0.3) is 79.8 Å². The molecule has 0 saturated heterocycles. The van der Waals surface area contributed by atoms with Crippen molar-refractivity contribution in [3.8, 4) is 62.1 Å². The van der Waals surface area contributed by atoms with Gasteiger partial charge in [0.25, 0.3) is 0 Å². The molecule has 356 valence electrons. The summed E-state index contributed by atoms with van der Waals surface area (Å²) in [7, 11) is 0. The van der Waals surface area contributed by atoms with E-state index in [2.05, 4.69) is 28.2 Å². The molecule has 0 amide bonds. The van der Waals surface area contributed by atoms with E-state index in [1.54, 1.807) is 12.1 Å². The Balaban J connectivity index is 1.13. The van der Waals surface area contributed by atoms with Crippen LogP contribution in [-0.4, -0.2) is 131 Å². The Morgan fingerprint density at radius 1 is 0.348 bits per heavy atom. The van der Waals surface area contributed by atoms with Crippen LogP contribution in [0.2, 0.25) is 0 Å². The number of hydrogen-bond donors (Lipinski definition) is 3. The van der Waals surface area contributed by atoms with E-state index in [1.165, 1.54) is 0 Å². The molecule has 6 aromatic rings. The van der Waals surface area contributed by atoms with E-state index in [0.717, 1.165) is 78.2 Å². The summed E-state index contributed by atoms with van der Waals surface area (Å²) in [6.07, 6.45) is 8.10. The first-order valence-electron chi connectivity index (χ1n) is 23.3. The van der Waals surface area contributed by atoms with Crippen molar-refractivity contribution in [1.82, 2.24) is 19.9 Å². The lowest BCUT2D eigenvalue weighted by atomic mass is 10.0. The summed E-state index contributed by atoms with van der Waals surface area (Å²) >= 11 is 0. The minimum absolute atomic E-state index is 0.161. The predicted octanol–water partition coefficient (Wildman–Crippen LogP) is 9.00. The second kappa shape index (κ2) is 22.4. The molecule has 4 aliphatic heterocycles. The van der Waals surface area contributed by atoms with Crippen LogP contribution in [0.4, 0.5) is 0 Å². The van der Waals surface area contributed by atoms with Crippen LogP contribution in [0.1, 0.15) is 22.8 Å². The van der Waals surface area contributed by atoms with Gasteiger partial charge in [0.05, 0.1) is 102 Å². The molecule has 15 nitrogen and oxygen atoms in total. The highest BCUT2D eigenvalue weighted by atomic mass is 16.6. The summed E-state index contributed by atoms with van der Waals surface area (Å²) in [4.78, 5) is 18.0. The van der Waals surface area contributed by atoms with Crippen LogP contribution in [-0.2, 0) is 28.4 Å². The maximum Gasteiger partial charge on any atom is 0.161 e. The van der Waals surface area contributed by atoms with Gasteiger partial charge in [-0.25, -0.2) is 9.97 Å². The molecule has 4 aliphatic rings. The number of aromatic amines is 2. The predicted molar refractivity (Wildman–Crippen MR) is 264 cm³/mol. The zero-order chi connectivity index (χ0) is 46.6. The van der Waals surface area contributed by atoms with Gasteiger partial charge in [-0.3, -0.25) is 0 Å². The highest BCUT2D eigenvalue weighted by molar-refractivity contribution is 5.98. The second-order valence-electron chi connectivity index (χ2n) is 16.3. The van der Waals surface area contributed by atoms with Crippen molar-refractivity contribution in [3.05, 3.63) is 114 Å². The van der Waals surface area contributed by atoms with Crippen molar-refractivity contribution in [1.29, 1.82) is 0 Å². The zero-order valence-corrected chi connectivity index (χ0v) is 38.2. The number of benzene rings is 3. The van der Waals surface area contributed by atoms with Crippen LogP contribution >= 0.6 is 0 Å². The van der Waals surface area contributed by atoms with Gasteiger partial charge >= 0.3 is 0 Å². The Bertz CT molecular complexity index is 2890. The Kier molecular flexibility index (Phi) is 14.9. The van der Waals surface area contributed by atoms with Gasteiger partial charge in [0.2, 0.25) is 0 Å². The topological polar surface area (TPSA) is 170 Å². The molecular weight excluding hydrogens is 881 g/mol. The fourth-order valence-electron chi connectivity index (χ4n) is 8.40. The third-order valence-corrected chi connectivity index (χ3v) is 11.6. The number of nitrogens with zero attached hydrogens (tertiary/aromatic N) is 2. The van der Waals surface area contributed by atoms with Gasteiger partial charge in [-0.15, -0.1) is 0 Å². The molecule has 0 fully saturated rings. The number of nitrogens with one attached hydrogen (secondary N) is 2. The third kappa shape index (κ3) is 11.3. The van der Waals surface area contributed by atoms with Gasteiger partial charge in [-0.2, -0.15) is 0 Å². The number of phenolic OH excluding ortho intramolecular Hbond substituents is 1. The SMILES string of the molecule is Oc1ccc(-c2c3nc(c(-c4ccc5c(c4)OCCOCCOCCOCCO5)c4ccc(cc5nc(c(-c6ccc7c(c6)OCCOCCOCCOCCO7)c6ccc2[nH]6)C=C5)[nH]4)C=C3)cc1. The smallest absolute Gasteiger partial charge is 0.161 e. The third-order valence-electron chi connectivity index (χ3n) is 11.6. The maximum absolute atomic E-state index is 10.4. The number of rotatable bonds is 3. The summed E-state index contributed by atoms with van der Waals surface area (Å²) in [6, 6.07) is 29.3. The number of fused-ring (bicyclic) bond motifs is 10. The van der Waals surface area contributed by atoms with Crippen molar-refractivity contribution in [2.24, 2.45) is 0 Å². The molecule has 0 aliphatic carbocycles. The van der Waals surface area contributed by atoms with Crippen LogP contribution in [0, 0.1) is 0 Å². The Morgan fingerprint density at radius 3 is 1.25 bits per heavy atom. The van der Waals surface area contributed by atoms with Gasteiger partial charge in [0, 0.05) is 38.8 Å². The number of aromatic hydroxyl groups is 1. The van der Waals surface area contributed by atoms with Gasteiger partial charge in [0.1, 0.15) is 32.2 Å². The molecule has 10 rings (SSSR count). The van der Waals surface area contributed by atoms with E-state index in [0.29, 0.717) is 129 Å². The Morgan fingerprint density at radius 2 is 0.739 bits per heavy atom. The molecular formula is C54H54N4O11. The molecule has 69 heavy (non-hydrogen) atoms. The van der Waals surface area contributed by atoms with Crippen LogP contribution in [0.3, 0.4) is 0 Å². The summed E-state index contributed by atoms with van der Waals surface area (Å²) in [5.41, 5.74) is 11.4. The molecule has 0 unspecified atom stereocenters. The molecule has 0 atom stereocenters. The molecule has 3 N–H and O–H groups in total. The van der Waals surface area contributed by atoms with Gasteiger partial charge < -0.3 is 62.4 Å². The number of aromatic nitrogens is 4. The highest BCUT2D eigenvalue weighted by Crippen LogP contribution is 2.40. The zero-order valence-electron chi connectivity index (χ0n) is 38.2. The van der Waals surface area contributed by atoms with Gasteiger partial charge in [-0.1, -0.05) is 24.3 Å². The average molecular weight is 935 g/mol. The van der Waals surface area contributed by atoms with Crippen molar-refractivity contribution in [2.75, 3.05) is 106 Å². The first-order valence-corrected chi connectivity index (χ1v) is 23.3. The number of phenols is 1. The Hall–Kier alpha value is -6.98. The molecule has 3 aromatic heterocycles. The standard InChI is InChI=1S/C54H54N4O11/c59-41-7-1-36(2-8-41)52-44-11-13-46(57-44)53(37-3-15-48-50(33-37)68-31-27-64-23-19-60-17-21-62-25-29-66-48)42-9-5-39(55-42)35-40-6-10-43(56-40)54(47-14-12-45(52)58-47)38-4-16-49-51(34-38)69-32-28-65-24-20-61-18-22-63-26-30-67-49/h1-16,33-35,55,58-59H,17-32H2. The van der Waals surface area contributed by atoms with Crippen molar-refractivity contribution in [2.45, 2.75) is 0 Å². The van der Waals surface area contributed by atoms with Crippen LogP contribution in [0.5, 0.6) is 28.7 Å². The van der Waals surface area contributed by atoms with Gasteiger partial charge in [-0.05, 0) is 108 Å². The molecule has 0 radical (unpaired) electrons. The lowest BCUT2D eigenvalue weighted by Crippen LogP contribution is -2.13. The van der Waals surface area contributed by atoms with Crippen LogP contribution < -0.4 is 18.9 Å². The largest absolute Gasteiger partial charge is 0.508 e. The minimum atomic E-state index is 0.161. The number of ether oxygens (including phenoxy) is 10. The summed E-state index contributed by atoms with van der Waals surface area (Å²) in [5, 5.41) is 10.4. The number of hydrogen-bond acceptors (Lipinski definition) is 13. The van der Waals surface area contributed by atoms with E-state index in [1.807, 2.05) is 85.0 Å². The molecule has 15 heteroatoms.